The summed E-state index contributed by atoms with van der Waals surface area (Å²) < 4.78 is 28.7. The quantitative estimate of drug-likeness (QED) is 0.743. The van der Waals surface area contributed by atoms with E-state index in [2.05, 4.69) is 0 Å². The second-order valence-corrected chi connectivity index (χ2v) is 8.91. The lowest BCUT2D eigenvalue weighted by Crippen LogP contribution is -2.55. The van der Waals surface area contributed by atoms with Crippen molar-refractivity contribution in [2.45, 2.75) is 49.0 Å². The fraction of sp³-hybridized carbons (Fsp3) is 0.611. The number of carbonyl (C=O) groups is 1. The summed E-state index contributed by atoms with van der Waals surface area (Å²) in [5.74, 6) is 0.519. The van der Waals surface area contributed by atoms with Gasteiger partial charge in [0, 0.05) is 19.8 Å². The maximum absolute atomic E-state index is 12.5. The Morgan fingerprint density at radius 2 is 1.96 bits per heavy atom. The van der Waals surface area contributed by atoms with Gasteiger partial charge >= 0.3 is 0 Å². The van der Waals surface area contributed by atoms with Crippen LogP contribution in [0.3, 0.4) is 0 Å². The predicted molar refractivity (Wildman–Crippen MR) is 97.3 cm³/mol. The molecule has 25 heavy (non-hydrogen) atoms. The molecule has 0 atom stereocenters. The Hall–Kier alpha value is -1.60. The molecule has 1 aliphatic carbocycles. The summed E-state index contributed by atoms with van der Waals surface area (Å²) >= 11 is 0. The minimum absolute atomic E-state index is 0.00581. The Balaban J connectivity index is 1.80. The fourth-order valence-electron chi connectivity index (χ4n) is 3.16. The number of nitrogens with zero attached hydrogens (tertiary/aromatic N) is 1. The van der Waals surface area contributed by atoms with E-state index in [1.54, 1.807) is 30.1 Å². The van der Waals surface area contributed by atoms with Crippen LogP contribution in [0, 0.1) is 0 Å². The van der Waals surface area contributed by atoms with Crippen molar-refractivity contribution in [3.05, 3.63) is 24.3 Å². The molecule has 2 N–H and O–H groups in total. The van der Waals surface area contributed by atoms with E-state index in [0.29, 0.717) is 25.3 Å². The van der Waals surface area contributed by atoms with Crippen LogP contribution in [0.1, 0.15) is 38.5 Å². The third-order valence-electron chi connectivity index (χ3n) is 4.66. The second kappa shape index (κ2) is 8.19. The first-order chi connectivity index (χ1) is 11.7. The molecule has 0 unspecified atom stereocenters. The fourth-order valence-corrected chi connectivity index (χ4v) is 3.82. The van der Waals surface area contributed by atoms with E-state index in [1.165, 1.54) is 12.3 Å². The van der Waals surface area contributed by atoms with Gasteiger partial charge in [0.2, 0.25) is 5.91 Å². The van der Waals surface area contributed by atoms with Gasteiger partial charge in [0.15, 0.2) is 9.84 Å². The number of hydrogen-bond acceptors (Lipinski definition) is 5. The molecule has 1 aromatic carbocycles. The van der Waals surface area contributed by atoms with Crippen molar-refractivity contribution in [2.24, 2.45) is 5.73 Å². The third kappa shape index (κ3) is 5.44. The minimum atomic E-state index is -3.25. The lowest BCUT2D eigenvalue weighted by Gasteiger charge is -2.35. The number of amides is 1. The van der Waals surface area contributed by atoms with Crippen LogP contribution >= 0.6 is 0 Å². The molecule has 0 saturated heterocycles. The molecule has 0 aliphatic heterocycles. The topological polar surface area (TPSA) is 89.7 Å². The number of rotatable bonds is 7. The molecule has 1 fully saturated rings. The molecular formula is C18H28N2O4S. The number of likely N-dealkylation sites (N-methyl/N-ethyl adjacent to an activating group) is 1. The highest BCUT2D eigenvalue weighted by atomic mass is 32.2. The summed E-state index contributed by atoms with van der Waals surface area (Å²) in [6.07, 6.45) is 6.50. The summed E-state index contributed by atoms with van der Waals surface area (Å²) in [5, 5.41) is 0. The summed E-state index contributed by atoms with van der Waals surface area (Å²) in [4.78, 5) is 14.5. The minimum Gasteiger partial charge on any atom is -0.493 e. The Morgan fingerprint density at radius 1 is 1.28 bits per heavy atom. The van der Waals surface area contributed by atoms with Gasteiger partial charge in [-0.1, -0.05) is 25.3 Å². The van der Waals surface area contributed by atoms with Gasteiger partial charge in [-0.2, -0.15) is 0 Å². The lowest BCUT2D eigenvalue weighted by molar-refractivity contribution is -0.137. The molecule has 140 valence electrons. The van der Waals surface area contributed by atoms with Crippen molar-refractivity contribution in [1.29, 1.82) is 0 Å². The molecule has 1 saturated carbocycles. The van der Waals surface area contributed by atoms with Gasteiger partial charge in [0.05, 0.1) is 17.0 Å². The second-order valence-electron chi connectivity index (χ2n) is 6.89. The summed E-state index contributed by atoms with van der Waals surface area (Å²) in [7, 11) is -1.47. The number of benzene rings is 1. The molecule has 0 heterocycles. The molecule has 2 rings (SSSR count). The van der Waals surface area contributed by atoms with E-state index in [9.17, 15) is 13.2 Å². The van der Waals surface area contributed by atoms with Gasteiger partial charge < -0.3 is 15.4 Å². The SMILES string of the molecule is CN(CCCOc1cccc(S(C)(=O)=O)c1)C(=O)C1(N)CCCCC1. The van der Waals surface area contributed by atoms with Crippen LogP contribution in [0.4, 0.5) is 0 Å². The molecule has 1 aliphatic rings. The van der Waals surface area contributed by atoms with Gasteiger partial charge in [-0.25, -0.2) is 8.42 Å². The summed E-state index contributed by atoms with van der Waals surface area (Å²) in [6.45, 7) is 0.964. The molecule has 1 aromatic rings. The summed E-state index contributed by atoms with van der Waals surface area (Å²) in [6, 6.07) is 6.43. The Kier molecular flexibility index (Phi) is 6.46. The number of hydrogen-bond donors (Lipinski definition) is 1. The number of nitrogens with two attached hydrogens (primary N) is 1. The average molecular weight is 368 g/mol. The van der Waals surface area contributed by atoms with Crippen molar-refractivity contribution in [3.8, 4) is 5.75 Å². The van der Waals surface area contributed by atoms with E-state index < -0.39 is 15.4 Å². The van der Waals surface area contributed by atoms with Crippen molar-refractivity contribution in [1.82, 2.24) is 4.90 Å². The first kappa shape index (κ1) is 19.7. The number of ether oxygens (including phenoxy) is 1. The highest BCUT2D eigenvalue weighted by Crippen LogP contribution is 2.27. The largest absolute Gasteiger partial charge is 0.493 e. The first-order valence-corrected chi connectivity index (χ1v) is 10.6. The smallest absolute Gasteiger partial charge is 0.242 e. The van der Waals surface area contributed by atoms with Gasteiger partial charge in [-0.05, 0) is 37.5 Å². The molecule has 0 spiro atoms. The molecule has 1 amide bonds. The van der Waals surface area contributed by atoms with Gasteiger partial charge in [0.25, 0.3) is 0 Å². The van der Waals surface area contributed by atoms with Crippen LogP contribution in [-0.4, -0.2) is 51.2 Å². The zero-order chi connectivity index (χ0) is 18.5. The lowest BCUT2D eigenvalue weighted by atomic mass is 9.81. The van der Waals surface area contributed by atoms with Gasteiger partial charge in [-0.15, -0.1) is 0 Å². The van der Waals surface area contributed by atoms with Crippen molar-refractivity contribution in [2.75, 3.05) is 26.5 Å². The van der Waals surface area contributed by atoms with E-state index in [4.69, 9.17) is 10.5 Å². The van der Waals surface area contributed by atoms with E-state index >= 15 is 0 Å². The van der Waals surface area contributed by atoms with Crippen LogP contribution in [0.25, 0.3) is 0 Å². The zero-order valence-electron chi connectivity index (χ0n) is 15.0. The van der Waals surface area contributed by atoms with Crippen molar-refractivity contribution < 1.29 is 17.9 Å². The molecular weight excluding hydrogens is 340 g/mol. The maximum atomic E-state index is 12.5. The number of sulfone groups is 1. The standard InChI is InChI=1S/C18H28N2O4S/c1-20(17(21)18(19)10-4-3-5-11-18)12-7-13-24-15-8-6-9-16(14-15)25(2,22)23/h6,8-9,14H,3-5,7,10-13,19H2,1-2H3. The van der Waals surface area contributed by atoms with Crippen LogP contribution in [0.5, 0.6) is 5.75 Å². The Bertz CT molecular complexity index is 697. The zero-order valence-corrected chi connectivity index (χ0v) is 15.8. The highest BCUT2D eigenvalue weighted by Gasteiger charge is 2.36. The monoisotopic (exact) mass is 368 g/mol. The van der Waals surface area contributed by atoms with Crippen LogP contribution in [0.2, 0.25) is 0 Å². The molecule has 0 radical (unpaired) electrons. The van der Waals surface area contributed by atoms with E-state index in [1.807, 2.05) is 0 Å². The highest BCUT2D eigenvalue weighted by molar-refractivity contribution is 7.90. The molecule has 6 nitrogen and oxygen atoms in total. The van der Waals surface area contributed by atoms with Gasteiger partial charge in [0.1, 0.15) is 5.75 Å². The molecule has 0 bridgehead atoms. The Morgan fingerprint density at radius 3 is 2.60 bits per heavy atom. The van der Waals surface area contributed by atoms with Crippen molar-refractivity contribution >= 4 is 15.7 Å². The molecule has 0 aromatic heterocycles. The third-order valence-corrected chi connectivity index (χ3v) is 5.77. The van der Waals surface area contributed by atoms with E-state index in [-0.39, 0.29) is 10.8 Å². The van der Waals surface area contributed by atoms with E-state index in [0.717, 1.165) is 32.1 Å². The van der Waals surface area contributed by atoms with Crippen LogP contribution in [-0.2, 0) is 14.6 Å². The normalized spacial score (nSPS) is 17.1. The molecule has 7 heteroatoms. The summed E-state index contributed by atoms with van der Waals surface area (Å²) in [5.41, 5.74) is 5.57. The van der Waals surface area contributed by atoms with Gasteiger partial charge in [-0.3, -0.25) is 4.79 Å². The average Bonchev–Trinajstić information content (AvgIpc) is 2.58. The Labute approximate surface area is 150 Å². The first-order valence-electron chi connectivity index (χ1n) is 8.70. The van der Waals surface area contributed by atoms with Crippen molar-refractivity contribution in [3.63, 3.8) is 0 Å². The number of carbonyl (C=O) groups excluding carboxylic acids is 1. The van der Waals surface area contributed by atoms with Crippen LogP contribution in [0.15, 0.2) is 29.2 Å². The van der Waals surface area contributed by atoms with Crippen LogP contribution < -0.4 is 10.5 Å². The maximum Gasteiger partial charge on any atom is 0.242 e. The predicted octanol–water partition coefficient (Wildman–Crippen LogP) is 1.98.